The van der Waals surface area contributed by atoms with Crippen molar-refractivity contribution in [2.24, 2.45) is 5.92 Å². The summed E-state index contributed by atoms with van der Waals surface area (Å²) >= 11 is 0. The lowest BCUT2D eigenvalue weighted by molar-refractivity contribution is -0.00311. The maximum Gasteiger partial charge on any atom is 0.296 e. The molecule has 1 aromatic carbocycles. The molecule has 0 spiro atoms. The predicted molar refractivity (Wildman–Crippen MR) is 127 cm³/mol. The van der Waals surface area contributed by atoms with Crippen molar-refractivity contribution < 1.29 is 14.2 Å². The second-order valence-corrected chi connectivity index (χ2v) is 9.59. The molecule has 1 saturated carbocycles. The van der Waals surface area contributed by atoms with Crippen molar-refractivity contribution >= 4 is 11.2 Å². The molecule has 32 heavy (non-hydrogen) atoms. The molecule has 0 radical (unpaired) electrons. The molecule has 0 bridgehead atoms. The van der Waals surface area contributed by atoms with Crippen LogP contribution in [0.4, 0.5) is 5.69 Å². The number of aromatic nitrogens is 2. The van der Waals surface area contributed by atoms with Crippen LogP contribution in [-0.4, -0.2) is 50.3 Å². The summed E-state index contributed by atoms with van der Waals surface area (Å²) in [7, 11) is 5.76. The first-order valence-electron chi connectivity index (χ1n) is 11.6. The van der Waals surface area contributed by atoms with Gasteiger partial charge in [-0.2, -0.15) is 0 Å². The zero-order chi connectivity index (χ0) is 22.5. The lowest BCUT2D eigenvalue weighted by Gasteiger charge is -2.38. The highest BCUT2D eigenvalue weighted by molar-refractivity contribution is 5.82. The normalized spacial score (nSPS) is 20.5. The van der Waals surface area contributed by atoms with Gasteiger partial charge < -0.3 is 14.2 Å². The van der Waals surface area contributed by atoms with E-state index in [1.165, 1.54) is 24.0 Å². The number of aryl methyl sites for hydroxylation is 2. The molecule has 0 N–H and O–H groups in total. The van der Waals surface area contributed by atoms with Crippen LogP contribution in [0.25, 0.3) is 16.8 Å². The lowest BCUT2D eigenvalue weighted by Crippen LogP contribution is -2.54. The van der Waals surface area contributed by atoms with Crippen LogP contribution in [0.1, 0.15) is 36.8 Å². The summed E-state index contributed by atoms with van der Waals surface area (Å²) < 4.78 is 20.7. The summed E-state index contributed by atoms with van der Waals surface area (Å²) in [4.78, 5) is 0. The number of quaternary nitrogens is 1. The molecule has 0 amide bonds. The quantitative estimate of drug-likeness (QED) is 0.482. The maximum atomic E-state index is 6.26. The number of methoxy groups -OCH3 is 2. The first kappa shape index (κ1) is 21.3. The highest BCUT2D eigenvalue weighted by Crippen LogP contribution is 2.46. The Morgan fingerprint density at radius 1 is 1.12 bits per heavy atom. The molecule has 2 unspecified atom stereocenters. The molecule has 1 aliphatic heterocycles. The second kappa shape index (κ2) is 8.09. The van der Waals surface area contributed by atoms with E-state index in [1.54, 1.807) is 14.2 Å². The number of rotatable bonds is 7. The van der Waals surface area contributed by atoms with Gasteiger partial charge in [-0.15, -0.1) is 5.10 Å². The van der Waals surface area contributed by atoms with Crippen LogP contribution in [0, 0.1) is 19.8 Å². The van der Waals surface area contributed by atoms with E-state index in [0.29, 0.717) is 10.4 Å². The third kappa shape index (κ3) is 3.46. The molecular weight excluding hydrogens is 402 g/mol. The molecular formula is C26H34N3O3+. The minimum atomic E-state index is 0.136. The molecule has 1 saturated heterocycles. The number of benzene rings is 1. The Balaban J connectivity index is 1.74. The number of ether oxygens (including phenoxy) is 3. The first-order valence-corrected chi connectivity index (χ1v) is 11.6. The summed E-state index contributed by atoms with van der Waals surface area (Å²) in [6.45, 7) is 6.11. The van der Waals surface area contributed by atoms with Gasteiger partial charge in [0.2, 0.25) is 5.69 Å². The average molecular weight is 437 g/mol. The first-order chi connectivity index (χ1) is 15.5. The number of nitrogens with zero attached hydrogens (tertiary/aromatic N) is 3. The van der Waals surface area contributed by atoms with E-state index in [9.17, 15) is 0 Å². The Morgan fingerprint density at radius 3 is 2.59 bits per heavy atom. The molecule has 2 fully saturated rings. The van der Waals surface area contributed by atoms with Gasteiger partial charge in [-0.05, 0) is 62.4 Å². The van der Waals surface area contributed by atoms with Gasteiger partial charge in [-0.3, -0.25) is 4.48 Å². The summed E-state index contributed by atoms with van der Waals surface area (Å²) in [5, 5.41) is 4.98. The highest BCUT2D eigenvalue weighted by Gasteiger charge is 2.46. The van der Waals surface area contributed by atoms with Crippen molar-refractivity contribution in [1.82, 2.24) is 14.1 Å². The van der Waals surface area contributed by atoms with Gasteiger partial charge in [0.05, 0.1) is 40.1 Å². The smallest absolute Gasteiger partial charge is 0.296 e. The predicted octanol–water partition coefficient (Wildman–Crippen LogP) is 5.12. The summed E-state index contributed by atoms with van der Waals surface area (Å²) in [5.74, 6) is 2.28. The number of pyridine rings is 1. The van der Waals surface area contributed by atoms with Gasteiger partial charge in [0.25, 0.3) is 5.88 Å². The minimum absolute atomic E-state index is 0.136. The highest BCUT2D eigenvalue weighted by atomic mass is 16.5. The van der Waals surface area contributed by atoms with E-state index >= 15 is 0 Å². The zero-order valence-electron chi connectivity index (χ0n) is 19.9. The summed E-state index contributed by atoms with van der Waals surface area (Å²) in [5.41, 5.74) is 6.61. The van der Waals surface area contributed by atoms with Crippen molar-refractivity contribution in [3.05, 3.63) is 41.5 Å². The summed E-state index contributed by atoms with van der Waals surface area (Å²) in [6, 6.07) is 10.7. The third-order valence-electron chi connectivity index (χ3n) is 7.10. The molecule has 2 atom stereocenters. The van der Waals surface area contributed by atoms with Crippen molar-refractivity contribution in [3.8, 4) is 22.9 Å². The van der Waals surface area contributed by atoms with Crippen molar-refractivity contribution in [3.63, 3.8) is 0 Å². The van der Waals surface area contributed by atoms with Gasteiger partial charge in [0, 0.05) is 17.9 Å². The molecule has 2 aromatic heterocycles. The summed E-state index contributed by atoms with van der Waals surface area (Å²) in [6.07, 6.45) is 4.90. The van der Waals surface area contributed by atoms with Crippen molar-refractivity contribution in [2.45, 2.75) is 45.8 Å². The van der Waals surface area contributed by atoms with E-state index < -0.39 is 0 Å². The number of fused-ring (bicyclic) bond motifs is 1. The largest absolute Gasteiger partial charge is 0.496 e. The topological polar surface area (TPSA) is 45.0 Å². The van der Waals surface area contributed by atoms with Crippen molar-refractivity contribution in [2.75, 3.05) is 34.4 Å². The fraction of sp³-hybridized carbons (Fsp3) is 0.500. The van der Waals surface area contributed by atoms with Gasteiger partial charge in [0.1, 0.15) is 11.3 Å². The SMILES string of the molecule is COc1cc(C)cc(C)c1-c1cccc2c([N+](C)(CC3CC3)C3CCCO3)c(OC)nn12. The molecule has 5 rings (SSSR count). The Kier molecular flexibility index (Phi) is 5.38. The van der Waals surface area contributed by atoms with E-state index in [4.69, 9.17) is 19.3 Å². The van der Waals surface area contributed by atoms with Gasteiger partial charge in [0.15, 0.2) is 6.23 Å². The Hall–Kier alpha value is -2.57. The molecule has 3 heterocycles. The van der Waals surface area contributed by atoms with Crippen LogP contribution in [-0.2, 0) is 4.74 Å². The monoisotopic (exact) mass is 436 g/mol. The Labute approximate surface area is 190 Å². The average Bonchev–Trinajstić information content (AvgIpc) is 3.27. The molecule has 170 valence electrons. The van der Waals surface area contributed by atoms with Crippen LogP contribution >= 0.6 is 0 Å². The third-order valence-corrected chi connectivity index (χ3v) is 7.10. The minimum Gasteiger partial charge on any atom is -0.496 e. The lowest BCUT2D eigenvalue weighted by atomic mass is 10.0. The fourth-order valence-electron chi connectivity index (χ4n) is 5.46. The Bertz CT molecular complexity index is 1140. The Morgan fingerprint density at radius 2 is 1.94 bits per heavy atom. The zero-order valence-corrected chi connectivity index (χ0v) is 19.9. The molecule has 6 heteroatoms. The van der Waals surface area contributed by atoms with E-state index in [0.717, 1.165) is 60.1 Å². The molecule has 1 aliphatic carbocycles. The van der Waals surface area contributed by atoms with Crippen LogP contribution in [0.3, 0.4) is 0 Å². The number of hydrogen-bond acceptors (Lipinski definition) is 4. The second-order valence-electron chi connectivity index (χ2n) is 9.59. The van der Waals surface area contributed by atoms with Crippen LogP contribution in [0.15, 0.2) is 30.3 Å². The van der Waals surface area contributed by atoms with E-state index in [2.05, 4.69) is 51.2 Å². The maximum absolute atomic E-state index is 6.26. The van der Waals surface area contributed by atoms with E-state index in [-0.39, 0.29) is 6.23 Å². The fourth-order valence-corrected chi connectivity index (χ4v) is 5.46. The standard InChI is InChI=1S/C26H34N3O3/c1-17-14-18(2)24(22(15-17)30-4)20-8-6-9-21-25(26(31-5)27-28(20)21)29(3,16-19-11-12-19)23-10-7-13-32-23/h6,8-9,14-15,19,23H,7,10-13,16H2,1-5H3/q+1. The van der Waals surface area contributed by atoms with E-state index in [1.807, 2.05) is 4.52 Å². The molecule has 3 aromatic rings. The van der Waals surface area contributed by atoms with Gasteiger partial charge in [-0.1, -0.05) is 12.1 Å². The van der Waals surface area contributed by atoms with Crippen LogP contribution in [0.2, 0.25) is 0 Å². The van der Waals surface area contributed by atoms with Gasteiger partial charge in [-0.25, -0.2) is 4.52 Å². The van der Waals surface area contributed by atoms with Crippen LogP contribution in [0.5, 0.6) is 11.6 Å². The molecule has 2 aliphatic rings. The molecule has 6 nitrogen and oxygen atoms in total. The van der Waals surface area contributed by atoms with Crippen molar-refractivity contribution in [1.29, 1.82) is 0 Å². The van der Waals surface area contributed by atoms with Gasteiger partial charge >= 0.3 is 0 Å². The number of hydrogen-bond donors (Lipinski definition) is 0. The van der Waals surface area contributed by atoms with Crippen LogP contribution < -0.4 is 14.0 Å².